The number of benzene rings is 2. The predicted octanol–water partition coefficient (Wildman–Crippen LogP) is 1.02. The molecule has 1 unspecified atom stereocenters. The van der Waals surface area contributed by atoms with E-state index in [4.69, 9.17) is 9.47 Å². The number of carbonyl (C=O) groups is 2. The van der Waals surface area contributed by atoms with Gasteiger partial charge in [-0.3, -0.25) is 14.9 Å². The Kier molecular flexibility index (Phi) is 4.35. The number of aliphatic hydroxyl groups excluding tert-OH is 1. The normalized spacial score (nSPS) is 13.4. The number of amides is 2. The maximum atomic E-state index is 12.4. The van der Waals surface area contributed by atoms with Gasteiger partial charge in [-0.15, -0.1) is 0 Å². The van der Waals surface area contributed by atoms with Crippen LogP contribution in [0.3, 0.4) is 0 Å². The molecule has 9 nitrogen and oxygen atoms in total. The Hall–Kier alpha value is -3.59. The van der Waals surface area contributed by atoms with Gasteiger partial charge in [0.25, 0.3) is 11.8 Å². The Balaban J connectivity index is 1.44. The van der Waals surface area contributed by atoms with Crippen molar-refractivity contribution in [2.75, 3.05) is 18.7 Å². The zero-order valence-corrected chi connectivity index (χ0v) is 14.1. The highest BCUT2D eigenvalue weighted by molar-refractivity contribution is 6.01. The summed E-state index contributed by atoms with van der Waals surface area (Å²) in [6.07, 6.45) is 0. The maximum Gasteiger partial charge on any atom is 0.252 e. The van der Waals surface area contributed by atoms with Gasteiger partial charge in [0.1, 0.15) is 6.04 Å². The first-order valence-electron chi connectivity index (χ1n) is 8.21. The van der Waals surface area contributed by atoms with Crippen LogP contribution in [0.1, 0.15) is 10.4 Å². The van der Waals surface area contributed by atoms with E-state index in [0.29, 0.717) is 17.0 Å². The van der Waals surface area contributed by atoms with E-state index < -0.39 is 24.5 Å². The van der Waals surface area contributed by atoms with E-state index in [2.05, 4.69) is 20.6 Å². The van der Waals surface area contributed by atoms with Crippen molar-refractivity contribution in [2.24, 2.45) is 0 Å². The number of imidazole rings is 1. The number of fused-ring (bicyclic) bond motifs is 2. The molecule has 0 radical (unpaired) electrons. The molecule has 2 aromatic carbocycles. The molecule has 0 aliphatic carbocycles. The van der Waals surface area contributed by atoms with Gasteiger partial charge in [-0.2, -0.15) is 0 Å². The minimum atomic E-state index is -1.14. The average molecular weight is 368 g/mol. The first-order chi connectivity index (χ1) is 13.1. The van der Waals surface area contributed by atoms with Crippen LogP contribution in [0.25, 0.3) is 11.0 Å². The molecule has 0 fully saturated rings. The second-order valence-corrected chi connectivity index (χ2v) is 5.87. The minimum Gasteiger partial charge on any atom is -0.454 e. The number of hydrogen-bond acceptors (Lipinski definition) is 6. The van der Waals surface area contributed by atoms with Gasteiger partial charge in [-0.05, 0) is 30.3 Å². The highest BCUT2D eigenvalue weighted by atomic mass is 16.7. The zero-order valence-electron chi connectivity index (χ0n) is 14.1. The van der Waals surface area contributed by atoms with Crippen LogP contribution < -0.4 is 20.1 Å². The molecular formula is C18H16N4O5. The van der Waals surface area contributed by atoms with Crippen molar-refractivity contribution < 1.29 is 24.2 Å². The standard InChI is InChI=1S/C18H16N4O5/c23-8-13(17(25)22-18-20-11-3-1-2-4-12(11)21-18)19-16(24)10-5-6-14-15(7-10)27-9-26-14/h1-7,13,23H,8-9H2,(H,19,24)(H2,20,21,22,25). The Bertz CT molecular complexity index is 983. The summed E-state index contributed by atoms with van der Waals surface area (Å²) < 4.78 is 10.4. The fourth-order valence-electron chi connectivity index (χ4n) is 2.69. The van der Waals surface area contributed by atoms with E-state index in [0.717, 1.165) is 5.52 Å². The molecule has 138 valence electrons. The van der Waals surface area contributed by atoms with E-state index >= 15 is 0 Å². The van der Waals surface area contributed by atoms with Crippen LogP contribution in [0.5, 0.6) is 11.5 Å². The number of ether oxygens (including phenoxy) is 2. The van der Waals surface area contributed by atoms with Crippen LogP contribution in [0, 0.1) is 0 Å². The first kappa shape index (κ1) is 16.9. The van der Waals surface area contributed by atoms with Crippen LogP contribution in [0.2, 0.25) is 0 Å². The summed E-state index contributed by atoms with van der Waals surface area (Å²) in [6, 6.07) is 10.8. The molecule has 3 aromatic rings. The number of carbonyl (C=O) groups excluding carboxylic acids is 2. The van der Waals surface area contributed by atoms with Crippen molar-refractivity contribution >= 4 is 28.8 Å². The van der Waals surface area contributed by atoms with E-state index in [-0.39, 0.29) is 18.3 Å². The lowest BCUT2D eigenvalue weighted by atomic mass is 10.1. The summed E-state index contributed by atoms with van der Waals surface area (Å²) in [5, 5.41) is 14.6. The summed E-state index contributed by atoms with van der Waals surface area (Å²) in [5.74, 6) is 0.123. The summed E-state index contributed by atoms with van der Waals surface area (Å²) in [4.78, 5) is 32.0. The summed E-state index contributed by atoms with van der Waals surface area (Å²) in [7, 11) is 0. The molecule has 0 spiro atoms. The Morgan fingerprint density at radius 3 is 2.81 bits per heavy atom. The number of nitrogens with zero attached hydrogens (tertiary/aromatic N) is 1. The van der Waals surface area contributed by atoms with E-state index in [9.17, 15) is 14.7 Å². The molecule has 1 aliphatic heterocycles. The van der Waals surface area contributed by atoms with Gasteiger partial charge in [0.2, 0.25) is 12.7 Å². The summed E-state index contributed by atoms with van der Waals surface area (Å²) in [6.45, 7) is -0.470. The number of anilines is 1. The maximum absolute atomic E-state index is 12.4. The number of rotatable bonds is 5. The van der Waals surface area contributed by atoms with Crippen LogP contribution >= 0.6 is 0 Å². The van der Waals surface area contributed by atoms with E-state index in [1.165, 1.54) is 6.07 Å². The van der Waals surface area contributed by atoms with Gasteiger partial charge in [0, 0.05) is 5.56 Å². The minimum absolute atomic E-state index is 0.0968. The lowest BCUT2D eigenvalue weighted by molar-refractivity contribution is -0.118. The lowest BCUT2D eigenvalue weighted by Crippen LogP contribution is -2.46. The summed E-state index contributed by atoms with van der Waals surface area (Å²) in [5.41, 5.74) is 1.74. The van der Waals surface area contributed by atoms with Gasteiger partial charge in [0.05, 0.1) is 17.6 Å². The molecule has 4 N–H and O–H groups in total. The molecule has 0 saturated carbocycles. The van der Waals surface area contributed by atoms with Crippen molar-refractivity contribution in [1.29, 1.82) is 0 Å². The van der Waals surface area contributed by atoms with Crippen molar-refractivity contribution in [1.82, 2.24) is 15.3 Å². The second-order valence-electron chi connectivity index (χ2n) is 5.87. The van der Waals surface area contributed by atoms with Crippen molar-refractivity contribution in [3.05, 3.63) is 48.0 Å². The van der Waals surface area contributed by atoms with E-state index in [1.807, 2.05) is 18.2 Å². The number of aliphatic hydroxyl groups is 1. The fourth-order valence-corrected chi connectivity index (χ4v) is 2.69. The molecule has 27 heavy (non-hydrogen) atoms. The number of H-pyrrole nitrogens is 1. The molecular weight excluding hydrogens is 352 g/mol. The molecule has 4 rings (SSSR count). The van der Waals surface area contributed by atoms with Gasteiger partial charge in [-0.25, -0.2) is 4.98 Å². The quantitative estimate of drug-likeness (QED) is 0.533. The molecule has 9 heteroatoms. The molecule has 2 amide bonds. The highest BCUT2D eigenvalue weighted by Gasteiger charge is 2.23. The Morgan fingerprint density at radius 2 is 2.00 bits per heavy atom. The molecule has 1 aliphatic rings. The zero-order chi connectivity index (χ0) is 18.8. The topological polar surface area (TPSA) is 126 Å². The number of aromatic amines is 1. The SMILES string of the molecule is O=C(NC(CO)C(=O)Nc1nc2ccccc2[nH]1)c1ccc2c(c1)OCO2. The number of nitrogens with one attached hydrogen (secondary N) is 3. The molecule has 0 saturated heterocycles. The fraction of sp³-hybridized carbons (Fsp3) is 0.167. The van der Waals surface area contributed by atoms with Gasteiger partial charge < -0.3 is 24.9 Å². The molecule has 1 atom stereocenters. The smallest absolute Gasteiger partial charge is 0.252 e. The van der Waals surface area contributed by atoms with Gasteiger partial charge >= 0.3 is 0 Å². The lowest BCUT2D eigenvalue weighted by Gasteiger charge is -2.15. The largest absolute Gasteiger partial charge is 0.454 e. The van der Waals surface area contributed by atoms with Crippen molar-refractivity contribution in [3.8, 4) is 11.5 Å². The first-order valence-corrected chi connectivity index (χ1v) is 8.21. The van der Waals surface area contributed by atoms with Gasteiger partial charge in [0.15, 0.2) is 11.5 Å². The highest BCUT2D eigenvalue weighted by Crippen LogP contribution is 2.32. The van der Waals surface area contributed by atoms with Crippen LogP contribution in [0.15, 0.2) is 42.5 Å². The van der Waals surface area contributed by atoms with Crippen LogP contribution in [0.4, 0.5) is 5.95 Å². The van der Waals surface area contributed by atoms with Crippen LogP contribution in [-0.2, 0) is 4.79 Å². The van der Waals surface area contributed by atoms with E-state index in [1.54, 1.807) is 18.2 Å². The third-order valence-corrected chi connectivity index (χ3v) is 4.07. The average Bonchev–Trinajstić information content (AvgIpc) is 3.30. The molecule has 1 aromatic heterocycles. The number of aromatic nitrogens is 2. The monoisotopic (exact) mass is 368 g/mol. The number of hydrogen-bond donors (Lipinski definition) is 4. The van der Waals surface area contributed by atoms with Crippen molar-refractivity contribution in [3.63, 3.8) is 0 Å². The predicted molar refractivity (Wildman–Crippen MR) is 95.6 cm³/mol. The van der Waals surface area contributed by atoms with Gasteiger partial charge in [-0.1, -0.05) is 12.1 Å². The Labute approximate surface area is 153 Å². The third kappa shape index (κ3) is 3.40. The Morgan fingerprint density at radius 1 is 1.19 bits per heavy atom. The third-order valence-electron chi connectivity index (χ3n) is 4.07. The molecule has 0 bridgehead atoms. The second kappa shape index (κ2) is 6.96. The molecule has 2 heterocycles. The van der Waals surface area contributed by atoms with Crippen LogP contribution in [-0.4, -0.2) is 46.3 Å². The number of para-hydroxylation sites is 2. The summed E-state index contributed by atoms with van der Waals surface area (Å²) >= 11 is 0. The van der Waals surface area contributed by atoms with Crippen molar-refractivity contribution in [2.45, 2.75) is 6.04 Å².